The summed E-state index contributed by atoms with van der Waals surface area (Å²) in [6.45, 7) is 0.876. The monoisotopic (exact) mass is 237 g/mol. The standard InChI is InChI=1S/C7H15N3O4S/c8-7(6(11)12)1-2-10(5-7)3-4-15(9,13)14/h1-5,8H2,(H,11,12)(H2,9,13,14). The first-order valence-corrected chi connectivity index (χ1v) is 6.20. The summed E-state index contributed by atoms with van der Waals surface area (Å²) >= 11 is 0. The van der Waals surface area contributed by atoms with Crippen molar-refractivity contribution in [3.8, 4) is 0 Å². The Morgan fingerprint density at radius 3 is 2.53 bits per heavy atom. The summed E-state index contributed by atoms with van der Waals surface area (Å²) in [6.07, 6.45) is 0.326. The Labute approximate surface area is 88.1 Å². The van der Waals surface area contributed by atoms with Crippen molar-refractivity contribution in [3.63, 3.8) is 0 Å². The van der Waals surface area contributed by atoms with E-state index in [9.17, 15) is 13.2 Å². The number of primary sulfonamides is 1. The Balaban J connectivity index is 2.47. The van der Waals surface area contributed by atoms with Crippen molar-refractivity contribution in [2.45, 2.75) is 12.0 Å². The molecule has 1 fully saturated rings. The van der Waals surface area contributed by atoms with Gasteiger partial charge in [-0.05, 0) is 6.42 Å². The quantitative estimate of drug-likeness (QED) is 0.507. The molecule has 8 heteroatoms. The van der Waals surface area contributed by atoms with Crippen LogP contribution < -0.4 is 10.9 Å². The third-order valence-corrected chi connectivity index (χ3v) is 3.25. The minimum atomic E-state index is -3.50. The van der Waals surface area contributed by atoms with Crippen LogP contribution in [0, 0.1) is 0 Å². The molecule has 5 N–H and O–H groups in total. The van der Waals surface area contributed by atoms with Gasteiger partial charge in [0, 0.05) is 19.6 Å². The fourth-order valence-corrected chi connectivity index (χ4v) is 2.05. The number of hydrogen-bond acceptors (Lipinski definition) is 5. The lowest BCUT2D eigenvalue weighted by Crippen LogP contribution is -2.50. The maximum Gasteiger partial charge on any atom is 0.325 e. The highest BCUT2D eigenvalue weighted by Gasteiger charge is 2.41. The maximum absolute atomic E-state index is 10.8. The van der Waals surface area contributed by atoms with Gasteiger partial charge in [-0.15, -0.1) is 0 Å². The van der Waals surface area contributed by atoms with E-state index < -0.39 is 21.5 Å². The Bertz CT molecular complexity index is 355. The number of carbonyl (C=O) groups is 1. The van der Waals surface area contributed by atoms with Crippen LogP contribution in [0.3, 0.4) is 0 Å². The van der Waals surface area contributed by atoms with Gasteiger partial charge in [-0.1, -0.05) is 0 Å². The van der Waals surface area contributed by atoms with Crippen LogP contribution in [0.5, 0.6) is 0 Å². The average Bonchev–Trinajstić information content (AvgIpc) is 2.44. The number of aliphatic carboxylic acids is 1. The highest BCUT2D eigenvalue weighted by molar-refractivity contribution is 7.89. The number of carboxylic acids is 1. The number of sulfonamides is 1. The third kappa shape index (κ3) is 3.42. The van der Waals surface area contributed by atoms with Crippen LogP contribution in [-0.2, 0) is 14.8 Å². The van der Waals surface area contributed by atoms with Crippen molar-refractivity contribution >= 4 is 16.0 Å². The molecule has 0 bridgehead atoms. The van der Waals surface area contributed by atoms with Crippen LogP contribution in [0.25, 0.3) is 0 Å². The van der Waals surface area contributed by atoms with Crippen molar-refractivity contribution in [3.05, 3.63) is 0 Å². The number of hydrogen-bond donors (Lipinski definition) is 3. The second kappa shape index (κ2) is 4.05. The number of carboxylic acid groups (broad SMARTS) is 1. The Morgan fingerprint density at radius 2 is 2.13 bits per heavy atom. The topological polar surface area (TPSA) is 127 Å². The molecule has 0 saturated carbocycles. The van der Waals surface area contributed by atoms with E-state index in [0.29, 0.717) is 13.0 Å². The molecule has 0 aromatic rings. The fraction of sp³-hybridized carbons (Fsp3) is 0.857. The van der Waals surface area contributed by atoms with Gasteiger partial charge in [0.15, 0.2) is 0 Å². The minimum absolute atomic E-state index is 0.165. The molecule has 0 aromatic heterocycles. The molecular formula is C7H15N3O4S. The highest BCUT2D eigenvalue weighted by Crippen LogP contribution is 2.18. The molecule has 1 atom stereocenters. The van der Waals surface area contributed by atoms with E-state index in [1.807, 2.05) is 0 Å². The molecule has 1 unspecified atom stereocenters. The van der Waals surface area contributed by atoms with Gasteiger partial charge in [0.1, 0.15) is 5.54 Å². The molecule has 15 heavy (non-hydrogen) atoms. The van der Waals surface area contributed by atoms with Crippen molar-refractivity contribution in [1.82, 2.24) is 4.90 Å². The maximum atomic E-state index is 10.8. The summed E-state index contributed by atoms with van der Waals surface area (Å²) < 4.78 is 21.4. The summed E-state index contributed by atoms with van der Waals surface area (Å²) in [5, 5.41) is 13.7. The first-order valence-electron chi connectivity index (χ1n) is 4.48. The second-order valence-electron chi connectivity index (χ2n) is 3.85. The smallest absolute Gasteiger partial charge is 0.325 e. The van der Waals surface area contributed by atoms with Crippen LogP contribution in [0.2, 0.25) is 0 Å². The first kappa shape index (κ1) is 12.4. The van der Waals surface area contributed by atoms with Gasteiger partial charge in [0.2, 0.25) is 10.0 Å². The van der Waals surface area contributed by atoms with E-state index in [2.05, 4.69) is 0 Å². The lowest BCUT2D eigenvalue weighted by Gasteiger charge is -2.19. The molecule has 7 nitrogen and oxygen atoms in total. The molecule has 0 radical (unpaired) electrons. The first-order chi connectivity index (χ1) is 6.73. The molecule has 1 aliphatic heterocycles. The third-order valence-electron chi connectivity index (χ3n) is 2.50. The zero-order chi connectivity index (χ0) is 11.7. The Morgan fingerprint density at radius 1 is 1.53 bits per heavy atom. The largest absolute Gasteiger partial charge is 0.480 e. The number of nitrogens with two attached hydrogens (primary N) is 2. The van der Waals surface area contributed by atoms with Crippen molar-refractivity contribution in [1.29, 1.82) is 0 Å². The molecule has 1 heterocycles. The van der Waals surface area contributed by atoms with Crippen LogP contribution in [0.15, 0.2) is 0 Å². The molecule has 88 valence electrons. The summed E-state index contributed by atoms with van der Waals surface area (Å²) in [7, 11) is -3.50. The van der Waals surface area contributed by atoms with Gasteiger partial charge in [-0.2, -0.15) is 0 Å². The number of nitrogens with zero attached hydrogens (tertiary/aromatic N) is 1. The fourth-order valence-electron chi connectivity index (χ4n) is 1.54. The van der Waals surface area contributed by atoms with E-state index >= 15 is 0 Å². The van der Waals surface area contributed by atoms with Gasteiger partial charge in [-0.25, -0.2) is 13.6 Å². The molecule has 0 spiro atoms. The molecule has 1 rings (SSSR count). The van der Waals surface area contributed by atoms with Crippen LogP contribution in [0.4, 0.5) is 0 Å². The Kier molecular flexibility index (Phi) is 3.34. The molecular weight excluding hydrogens is 222 g/mol. The van der Waals surface area contributed by atoms with Gasteiger partial charge in [-0.3, -0.25) is 9.69 Å². The number of rotatable bonds is 4. The number of likely N-dealkylation sites (tertiary alicyclic amines) is 1. The molecule has 1 saturated heterocycles. The normalized spacial score (nSPS) is 28.1. The molecule has 1 aliphatic rings. The van der Waals surface area contributed by atoms with E-state index in [-0.39, 0.29) is 18.8 Å². The molecule has 0 aliphatic carbocycles. The summed E-state index contributed by atoms with van der Waals surface area (Å²) in [5.41, 5.74) is 4.36. The van der Waals surface area contributed by atoms with E-state index in [0.717, 1.165) is 0 Å². The lowest BCUT2D eigenvalue weighted by molar-refractivity contribution is -0.142. The zero-order valence-electron chi connectivity index (χ0n) is 8.22. The van der Waals surface area contributed by atoms with Gasteiger partial charge in [0.05, 0.1) is 5.75 Å². The van der Waals surface area contributed by atoms with Gasteiger partial charge < -0.3 is 10.8 Å². The van der Waals surface area contributed by atoms with Crippen molar-refractivity contribution in [2.24, 2.45) is 10.9 Å². The minimum Gasteiger partial charge on any atom is -0.480 e. The van der Waals surface area contributed by atoms with Gasteiger partial charge in [0.25, 0.3) is 0 Å². The zero-order valence-corrected chi connectivity index (χ0v) is 9.03. The molecule has 0 aromatic carbocycles. The molecule has 0 amide bonds. The van der Waals surface area contributed by atoms with E-state index in [1.165, 1.54) is 0 Å². The summed E-state index contributed by atoms with van der Waals surface area (Å²) in [5.74, 6) is -1.23. The average molecular weight is 237 g/mol. The second-order valence-corrected chi connectivity index (χ2v) is 5.59. The van der Waals surface area contributed by atoms with Crippen molar-refractivity contribution < 1.29 is 18.3 Å². The highest BCUT2D eigenvalue weighted by atomic mass is 32.2. The van der Waals surface area contributed by atoms with E-state index in [1.54, 1.807) is 4.90 Å². The lowest BCUT2D eigenvalue weighted by atomic mass is 10.0. The van der Waals surface area contributed by atoms with Crippen LogP contribution >= 0.6 is 0 Å². The van der Waals surface area contributed by atoms with Crippen LogP contribution in [0.1, 0.15) is 6.42 Å². The van der Waals surface area contributed by atoms with Gasteiger partial charge >= 0.3 is 5.97 Å². The van der Waals surface area contributed by atoms with E-state index in [4.69, 9.17) is 16.0 Å². The predicted octanol–water partition coefficient (Wildman–Crippen LogP) is -2.24. The van der Waals surface area contributed by atoms with Crippen LogP contribution in [-0.4, -0.2) is 55.3 Å². The summed E-state index contributed by atoms with van der Waals surface area (Å²) in [6, 6.07) is 0. The summed E-state index contributed by atoms with van der Waals surface area (Å²) in [4.78, 5) is 12.5. The predicted molar refractivity (Wildman–Crippen MR) is 53.6 cm³/mol. The SMILES string of the molecule is NC1(C(=O)O)CCN(CCS(N)(=O)=O)C1. The van der Waals surface area contributed by atoms with Crippen molar-refractivity contribution in [2.75, 3.05) is 25.4 Å². The Hall–Kier alpha value is -0.700.